The van der Waals surface area contributed by atoms with Crippen molar-refractivity contribution in [2.45, 2.75) is 44.2 Å². The molecule has 102 valence electrons. The minimum Gasteiger partial charge on any atom is -0.481 e. The lowest BCUT2D eigenvalue weighted by molar-refractivity contribution is -0.138. The average Bonchev–Trinajstić information content (AvgIpc) is 2.95. The second-order valence-electron chi connectivity index (χ2n) is 5.39. The molecule has 1 amide bonds. The van der Waals surface area contributed by atoms with E-state index in [9.17, 15) is 9.59 Å². The van der Waals surface area contributed by atoms with Crippen LogP contribution in [0.3, 0.4) is 0 Å². The molecule has 2 aliphatic rings. The molecule has 7 heteroatoms. The Bertz CT molecular complexity index is 473. The van der Waals surface area contributed by atoms with Gasteiger partial charge in [-0.3, -0.25) is 9.59 Å². The maximum Gasteiger partial charge on any atom is 0.303 e. The van der Waals surface area contributed by atoms with Crippen LogP contribution in [-0.2, 0) is 4.79 Å². The number of nitrogens with one attached hydrogen (secondary N) is 1. The predicted octanol–water partition coefficient (Wildman–Crippen LogP) is 0.663. The number of hydrogen-bond acceptors (Lipinski definition) is 4. The topological polar surface area (TPSA) is 99.2 Å². The second-order valence-corrected chi connectivity index (χ2v) is 5.39. The molecule has 0 saturated carbocycles. The summed E-state index contributed by atoms with van der Waals surface area (Å²) in [6.07, 6.45) is 5.14. The highest BCUT2D eigenvalue weighted by Gasteiger charge is 2.44. The van der Waals surface area contributed by atoms with E-state index in [1.165, 1.54) is 6.20 Å². The Kier molecular flexibility index (Phi) is 2.96. The van der Waals surface area contributed by atoms with Gasteiger partial charge in [0.15, 0.2) is 5.69 Å². The molecule has 2 aliphatic heterocycles. The summed E-state index contributed by atoms with van der Waals surface area (Å²) in [6, 6.07) is 0.319. The number of aromatic amines is 1. The lowest BCUT2D eigenvalue weighted by Gasteiger charge is -2.38. The SMILES string of the molecule is O=C(O)CC1CC2CCC(C1)N2C(=O)c1cn[nH]n1. The summed E-state index contributed by atoms with van der Waals surface area (Å²) in [4.78, 5) is 25.0. The summed E-state index contributed by atoms with van der Waals surface area (Å²) in [6.45, 7) is 0. The minimum atomic E-state index is -0.749. The number of hydrogen-bond donors (Lipinski definition) is 2. The molecule has 2 unspecified atom stereocenters. The molecular weight excluding hydrogens is 248 g/mol. The number of piperidine rings is 1. The van der Waals surface area contributed by atoms with Gasteiger partial charge in [0.2, 0.25) is 0 Å². The van der Waals surface area contributed by atoms with Crippen LogP contribution in [0.2, 0.25) is 0 Å². The summed E-state index contributed by atoms with van der Waals surface area (Å²) < 4.78 is 0. The molecule has 2 fully saturated rings. The lowest BCUT2D eigenvalue weighted by atomic mass is 9.88. The summed E-state index contributed by atoms with van der Waals surface area (Å²) in [5.74, 6) is -0.646. The Morgan fingerprint density at radius 2 is 2.05 bits per heavy atom. The van der Waals surface area contributed by atoms with E-state index in [0.29, 0.717) is 5.69 Å². The van der Waals surface area contributed by atoms with E-state index in [1.807, 2.05) is 4.90 Å². The smallest absolute Gasteiger partial charge is 0.303 e. The first kappa shape index (κ1) is 12.1. The van der Waals surface area contributed by atoms with E-state index in [-0.39, 0.29) is 30.3 Å². The van der Waals surface area contributed by atoms with Gasteiger partial charge in [-0.1, -0.05) is 0 Å². The molecule has 19 heavy (non-hydrogen) atoms. The van der Waals surface area contributed by atoms with Gasteiger partial charge in [-0.25, -0.2) is 0 Å². The van der Waals surface area contributed by atoms with Crippen molar-refractivity contribution in [3.63, 3.8) is 0 Å². The second kappa shape index (κ2) is 4.64. The molecule has 3 rings (SSSR count). The zero-order valence-electron chi connectivity index (χ0n) is 10.5. The van der Waals surface area contributed by atoms with E-state index in [1.54, 1.807) is 0 Å². The molecular formula is C12H16N4O3. The number of carboxylic acids is 1. The monoisotopic (exact) mass is 264 g/mol. The van der Waals surface area contributed by atoms with Crippen molar-refractivity contribution in [2.24, 2.45) is 5.92 Å². The number of nitrogens with zero attached hydrogens (tertiary/aromatic N) is 3. The van der Waals surface area contributed by atoms with Crippen molar-refractivity contribution in [2.75, 3.05) is 0 Å². The molecule has 2 N–H and O–H groups in total. The van der Waals surface area contributed by atoms with Crippen LogP contribution in [0.4, 0.5) is 0 Å². The predicted molar refractivity (Wildman–Crippen MR) is 64.3 cm³/mol. The molecule has 1 aromatic heterocycles. The molecule has 0 radical (unpaired) electrons. The minimum absolute atomic E-state index is 0.0879. The van der Waals surface area contributed by atoms with Crippen LogP contribution >= 0.6 is 0 Å². The number of aliphatic carboxylic acids is 1. The van der Waals surface area contributed by atoms with Gasteiger partial charge in [0.25, 0.3) is 5.91 Å². The molecule has 0 aromatic carbocycles. The number of carbonyl (C=O) groups excluding carboxylic acids is 1. The Labute approximate surface area is 110 Å². The van der Waals surface area contributed by atoms with Crippen LogP contribution in [0.1, 0.15) is 42.6 Å². The maximum absolute atomic E-state index is 12.3. The lowest BCUT2D eigenvalue weighted by Crippen LogP contribution is -2.47. The van der Waals surface area contributed by atoms with Crippen molar-refractivity contribution in [1.82, 2.24) is 20.3 Å². The summed E-state index contributed by atoms with van der Waals surface area (Å²) in [5.41, 5.74) is 0.341. The van der Waals surface area contributed by atoms with Gasteiger partial charge in [-0.15, -0.1) is 0 Å². The van der Waals surface area contributed by atoms with Crippen molar-refractivity contribution < 1.29 is 14.7 Å². The molecule has 0 spiro atoms. The van der Waals surface area contributed by atoms with E-state index in [4.69, 9.17) is 5.11 Å². The van der Waals surface area contributed by atoms with Crippen LogP contribution in [0.5, 0.6) is 0 Å². The highest BCUT2D eigenvalue weighted by atomic mass is 16.4. The van der Waals surface area contributed by atoms with Gasteiger partial charge in [-0.05, 0) is 31.6 Å². The number of carbonyl (C=O) groups is 2. The first-order valence-corrected chi connectivity index (χ1v) is 6.55. The molecule has 2 saturated heterocycles. The van der Waals surface area contributed by atoms with E-state index < -0.39 is 5.97 Å². The van der Waals surface area contributed by atoms with Gasteiger partial charge in [-0.2, -0.15) is 15.4 Å². The fourth-order valence-electron chi connectivity index (χ4n) is 3.47. The molecule has 2 bridgehead atoms. The van der Waals surface area contributed by atoms with Crippen LogP contribution < -0.4 is 0 Å². The Balaban J connectivity index is 1.73. The van der Waals surface area contributed by atoms with Gasteiger partial charge in [0.05, 0.1) is 6.20 Å². The zero-order chi connectivity index (χ0) is 13.4. The van der Waals surface area contributed by atoms with Gasteiger partial charge in [0.1, 0.15) is 0 Å². The summed E-state index contributed by atoms with van der Waals surface area (Å²) in [7, 11) is 0. The first-order chi connectivity index (χ1) is 9.15. The van der Waals surface area contributed by atoms with Crippen molar-refractivity contribution in [3.8, 4) is 0 Å². The molecule has 1 aromatic rings. The quantitative estimate of drug-likeness (QED) is 0.835. The van der Waals surface area contributed by atoms with Gasteiger partial charge < -0.3 is 10.0 Å². The number of rotatable bonds is 3. The standard InChI is InChI=1S/C12H16N4O3/c17-11(18)5-7-3-8-1-2-9(4-7)16(8)12(19)10-6-13-15-14-10/h6-9H,1-5H2,(H,17,18)(H,13,14,15). The van der Waals surface area contributed by atoms with Crippen LogP contribution in [0.15, 0.2) is 6.20 Å². The zero-order valence-corrected chi connectivity index (χ0v) is 10.5. The van der Waals surface area contributed by atoms with Crippen LogP contribution in [0.25, 0.3) is 0 Å². The third-order valence-corrected chi connectivity index (χ3v) is 4.16. The average molecular weight is 264 g/mol. The third kappa shape index (κ3) is 2.20. The third-order valence-electron chi connectivity index (χ3n) is 4.16. The van der Waals surface area contributed by atoms with Gasteiger partial charge >= 0.3 is 5.97 Å². The maximum atomic E-state index is 12.3. The molecule has 3 heterocycles. The molecule has 2 atom stereocenters. The first-order valence-electron chi connectivity index (χ1n) is 6.55. The molecule has 0 aliphatic carbocycles. The van der Waals surface area contributed by atoms with E-state index in [2.05, 4.69) is 15.4 Å². The summed E-state index contributed by atoms with van der Waals surface area (Å²) in [5, 5.41) is 18.8. The Hall–Kier alpha value is -1.92. The number of carboxylic acid groups (broad SMARTS) is 1. The van der Waals surface area contributed by atoms with E-state index in [0.717, 1.165) is 25.7 Å². The number of fused-ring (bicyclic) bond motifs is 2. The fourth-order valence-corrected chi connectivity index (χ4v) is 3.47. The van der Waals surface area contributed by atoms with Crippen molar-refractivity contribution in [3.05, 3.63) is 11.9 Å². The molecule has 7 nitrogen and oxygen atoms in total. The van der Waals surface area contributed by atoms with Crippen molar-refractivity contribution >= 4 is 11.9 Å². The van der Waals surface area contributed by atoms with Crippen LogP contribution in [0, 0.1) is 5.92 Å². The number of aromatic nitrogens is 3. The number of H-pyrrole nitrogens is 1. The highest BCUT2D eigenvalue weighted by molar-refractivity contribution is 5.92. The Morgan fingerprint density at radius 1 is 1.37 bits per heavy atom. The van der Waals surface area contributed by atoms with Gasteiger partial charge in [0, 0.05) is 18.5 Å². The van der Waals surface area contributed by atoms with Crippen LogP contribution in [-0.4, -0.2) is 49.4 Å². The van der Waals surface area contributed by atoms with Crippen molar-refractivity contribution in [1.29, 1.82) is 0 Å². The van der Waals surface area contributed by atoms with E-state index >= 15 is 0 Å². The highest BCUT2D eigenvalue weighted by Crippen LogP contribution is 2.40. The largest absolute Gasteiger partial charge is 0.481 e. The fraction of sp³-hybridized carbons (Fsp3) is 0.667. The summed E-state index contributed by atoms with van der Waals surface area (Å²) >= 11 is 0. The Morgan fingerprint density at radius 3 is 2.58 bits per heavy atom. The number of amides is 1. The normalized spacial score (nSPS) is 29.5.